The third-order valence-electron chi connectivity index (χ3n) is 4.97. The number of rotatable bonds is 3. The van der Waals surface area contributed by atoms with Gasteiger partial charge in [-0.25, -0.2) is 4.98 Å². The third kappa shape index (κ3) is 2.91. The lowest BCUT2D eigenvalue weighted by Crippen LogP contribution is -2.44. The lowest BCUT2D eigenvalue weighted by Gasteiger charge is -2.35. The van der Waals surface area contributed by atoms with Gasteiger partial charge in [-0.2, -0.15) is 0 Å². The van der Waals surface area contributed by atoms with Crippen LogP contribution in [0.25, 0.3) is 10.6 Å². The Hall–Kier alpha value is -1.72. The zero-order valence-electron chi connectivity index (χ0n) is 12.9. The molecule has 1 aromatic carbocycles. The Balaban J connectivity index is 1.50. The number of carbonyl (C=O) groups is 1. The average molecular weight is 328 g/mol. The van der Waals surface area contributed by atoms with Crippen LogP contribution in [0.1, 0.15) is 36.2 Å². The summed E-state index contributed by atoms with van der Waals surface area (Å²) in [7, 11) is 0. The second-order valence-electron chi connectivity index (χ2n) is 6.60. The summed E-state index contributed by atoms with van der Waals surface area (Å²) in [6, 6.07) is 9.94. The van der Waals surface area contributed by atoms with E-state index in [1.807, 2.05) is 40.6 Å². The molecule has 0 spiro atoms. The Morgan fingerprint density at radius 2 is 2.09 bits per heavy atom. The number of piperidine rings is 1. The molecule has 1 amide bonds. The van der Waals surface area contributed by atoms with Crippen molar-refractivity contribution in [2.45, 2.75) is 31.3 Å². The van der Waals surface area contributed by atoms with E-state index >= 15 is 0 Å². The van der Waals surface area contributed by atoms with E-state index in [0.717, 1.165) is 42.8 Å². The van der Waals surface area contributed by atoms with Crippen LogP contribution in [-0.4, -0.2) is 39.6 Å². The van der Waals surface area contributed by atoms with Crippen LogP contribution in [-0.2, 0) is 0 Å². The van der Waals surface area contributed by atoms with Crippen molar-refractivity contribution in [2.24, 2.45) is 5.92 Å². The summed E-state index contributed by atoms with van der Waals surface area (Å²) in [6.07, 6.45) is 3.75. The molecule has 1 saturated carbocycles. The molecule has 1 aromatic heterocycles. The largest absolute Gasteiger partial charge is 0.390 e. The molecule has 2 fully saturated rings. The number of nitrogens with zero attached hydrogens (tertiary/aromatic N) is 2. The molecule has 1 saturated heterocycles. The molecule has 2 heterocycles. The lowest BCUT2D eigenvalue weighted by atomic mass is 9.90. The van der Waals surface area contributed by atoms with Crippen molar-refractivity contribution in [1.82, 2.24) is 9.88 Å². The summed E-state index contributed by atoms with van der Waals surface area (Å²) in [4.78, 5) is 19.1. The van der Waals surface area contributed by atoms with Crippen LogP contribution in [0.15, 0.2) is 35.7 Å². The number of hydrogen-bond donors (Lipinski definition) is 1. The number of hydrogen-bond acceptors (Lipinski definition) is 4. The van der Waals surface area contributed by atoms with Crippen LogP contribution in [0.4, 0.5) is 0 Å². The molecule has 1 aliphatic heterocycles. The number of thiazole rings is 1. The minimum absolute atomic E-state index is 0.00242. The molecule has 1 unspecified atom stereocenters. The van der Waals surface area contributed by atoms with Crippen LogP contribution in [0.3, 0.4) is 0 Å². The normalized spacial score (nSPS) is 22.8. The van der Waals surface area contributed by atoms with Crippen LogP contribution < -0.4 is 0 Å². The number of aromatic nitrogens is 1. The van der Waals surface area contributed by atoms with E-state index in [2.05, 4.69) is 4.98 Å². The van der Waals surface area contributed by atoms with Gasteiger partial charge < -0.3 is 10.0 Å². The van der Waals surface area contributed by atoms with Crippen molar-refractivity contribution in [1.29, 1.82) is 0 Å². The predicted molar refractivity (Wildman–Crippen MR) is 90.4 cm³/mol. The fourth-order valence-corrected chi connectivity index (χ4v) is 4.18. The second-order valence-corrected chi connectivity index (χ2v) is 7.46. The maximum atomic E-state index is 12.7. The van der Waals surface area contributed by atoms with Gasteiger partial charge in [0.15, 0.2) is 0 Å². The van der Waals surface area contributed by atoms with Crippen molar-refractivity contribution in [3.8, 4) is 10.6 Å². The van der Waals surface area contributed by atoms with Gasteiger partial charge in [0, 0.05) is 30.0 Å². The highest BCUT2D eigenvalue weighted by atomic mass is 32.1. The van der Waals surface area contributed by atoms with Gasteiger partial charge in [0.2, 0.25) is 0 Å². The van der Waals surface area contributed by atoms with Gasteiger partial charge in [0.25, 0.3) is 5.91 Å². The molecule has 2 aliphatic rings. The monoisotopic (exact) mass is 328 g/mol. The molecule has 4 nitrogen and oxygen atoms in total. The first kappa shape index (κ1) is 14.8. The maximum absolute atomic E-state index is 12.7. The van der Waals surface area contributed by atoms with Crippen molar-refractivity contribution in [2.75, 3.05) is 13.1 Å². The average Bonchev–Trinajstić information content (AvgIpc) is 3.17. The maximum Gasteiger partial charge on any atom is 0.273 e. The van der Waals surface area contributed by atoms with Crippen molar-refractivity contribution < 1.29 is 9.90 Å². The summed E-state index contributed by atoms with van der Waals surface area (Å²) in [5.74, 6) is 0.227. The van der Waals surface area contributed by atoms with Gasteiger partial charge in [-0.05, 0) is 25.7 Å². The Kier molecular flexibility index (Phi) is 3.70. The Morgan fingerprint density at radius 1 is 1.30 bits per heavy atom. The molecular weight excluding hydrogens is 308 g/mol. The first-order chi connectivity index (χ1) is 11.2. The van der Waals surface area contributed by atoms with E-state index in [0.29, 0.717) is 12.2 Å². The van der Waals surface area contributed by atoms with Gasteiger partial charge in [-0.15, -0.1) is 11.3 Å². The number of carbonyl (C=O) groups excluding carboxylic acids is 1. The minimum Gasteiger partial charge on any atom is -0.390 e. The summed E-state index contributed by atoms with van der Waals surface area (Å²) in [6.45, 7) is 1.43. The first-order valence-corrected chi connectivity index (χ1v) is 9.06. The molecule has 4 rings (SSSR count). The van der Waals surface area contributed by atoms with Gasteiger partial charge in [0.1, 0.15) is 10.7 Å². The van der Waals surface area contributed by atoms with Gasteiger partial charge in [-0.1, -0.05) is 30.3 Å². The molecule has 120 valence electrons. The molecule has 1 atom stereocenters. The minimum atomic E-state index is -0.504. The van der Waals surface area contributed by atoms with Crippen LogP contribution in [0, 0.1) is 5.92 Å². The van der Waals surface area contributed by atoms with E-state index in [-0.39, 0.29) is 11.8 Å². The number of aliphatic hydroxyl groups is 1. The molecule has 0 bridgehead atoms. The molecule has 0 radical (unpaired) electrons. The Bertz CT molecular complexity index is 709. The third-order valence-corrected chi connectivity index (χ3v) is 5.87. The fourth-order valence-electron chi connectivity index (χ4n) is 3.38. The molecule has 23 heavy (non-hydrogen) atoms. The van der Waals surface area contributed by atoms with Crippen LogP contribution in [0.2, 0.25) is 0 Å². The summed E-state index contributed by atoms with van der Waals surface area (Å²) < 4.78 is 0. The molecule has 2 aromatic rings. The van der Waals surface area contributed by atoms with Crippen molar-refractivity contribution >= 4 is 17.2 Å². The summed E-state index contributed by atoms with van der Waals surface area (Å²) in [5, 5.41) is 13.1. The molecule has 5 heteroatoms. The lowest BCUT2D eigenvalue weighted by molar-refractivity contribution is 0.0280. The van der Waals surface area contributed by atoms with Gasteiger partial charge in [-0.3, -0.25) is 4.79 Å². The van der Waals surface area contributed by atoms with E-state index < -0.39 is 5.60 Å². The predicted octanol–water partition coefficient (Wildman–Crippen LogP) is 3.19. The molecule has 1 aliphatic carbocycles. The quantitative estimate of drug-likeness (QED) is 0.941. The first-order valence-electron chi connectivity index (χ1n) is 8.18. The van der Waals surface area contributed by atoms with Crippen LogP contribution in [0.5, 0.6) is 0 Å². The SMILES string of the molecule is O=C(c1csc(-c2ccccc2)n1)N1CCCC(C2(O)CC2)C1. The number of amides is 1. The summed E-state index contributed by atoms with van der Waals surface area (Å²) in [5.41, 5.74) is 1.06. The molecule has 1 N–H and O–H groups in total. The zero-order chi connectivity index (χ0) is 15.9. The zero-order valence-corrected chi connectivity index (χ0v) is 13.8. The van der Waals surface area contributed by atoms with Crippen LogP contribution >= 0.6 is 11.3 Å². The topological polar surface area (TPSA) is 53.4 Å². The van der Waals surface area contributed by atoms with E-state index in [4.69, 9.17) is 0 Å². The molecular formula is C18H20N2O2S. The highest BCUT2D eigenvalue weighted by molar-refractivity contribution is 7.13. The van der Waals surface area contributed by atoms with E-state index in [9.17, 15) is 9.90 Å². The van der Waals surface area contributed by atoms with Crippen molar-refractivity contribution in [3.63, 3.8) is 0 Å². The smallest absolute Gasteiger partial charge is 0.273 e. The fraction of sp³-hybridized carbons (Fsp3) is 0.444. The highest BCUT2D eigenvalue weighted by Gasteiger charge is 2.49. The standard InChI is InChI=1S/C18H20N2O2S/c21-17(20-10-4-7-14(11-20)18(22)8-9-18)15-12-23-16(19-15)13-5-2-1-3-6-13/h1-3,5-6,12,14,22H,4,7-11H2. The highest BCUT2D eigenvalue weighted by Crippen LogP contribution is 2.45. The van der Waals surface area contributed by atoms with Crippen molar-refractivity contribution in [3.05, 3.63) is 41.4 Å². The number of benzene rings is 1. The Morgan fingerprint density at radius 3 is 2.83 bits per heavy atom. The number of likely N-dealkylation sites (tertiary alicyclic amines) is 1. The van der Waals surface area contributed by atoms with E-state index in [1.54, 1.807) is 0 Å². The van der Waals surface area contributed by atoms with Gasteiger partial charge in [0.05, 0.1) is 5.60 Å². The Labute approximate surface area is 139 Å². The second kappa shape index (κ2) is 5.73. The summed E-state index contributed by atoms with van der Waals surface area (Å²) >= 11 is 1.51. The van der Waals surface area contributed by atoms with Gasteiger partial charge >= 0.3 is 0 Å². The van der Waals surface area contributed by atoms with E-state index in [1.165, 1.54) is 11.3 Å².